The van der Waals surface area contributed by atoms with Crippen LogP contribution in [0.2, 0.25) is 0 Å². The second-order valence-electron chi connectivity index (χ2n) is 14.4. The van der Waals surface area contributed by atoms with E-state index in [1.807, 2.05) is 20.6 Å². The molecule has 266 valence electrons. The quantitative estimate of drug-likeness (QED) is 0.382. The van der Waals surface area contributed by atoms with E-state index in [4.69, 9.17) is 5.73 Å². The van der Waals surface area contributed by atoms with Gasteiger partial charge in [-0.05, 0) is 84.6 Å². The van der Waals surface area contributed by atoms with Gasteiger partial charge >= 0.3 is 12.2 Å². The van der Waals surface area contributed by atoms with Crippen molar-refractivity contribution in [1.82, 2.24) is 24.5 Å². The third kappa shape index (κ3) is 7.05. The number of nitrogen functional groups attached to an aromatic ring is 1. The summed E-state index contributed by atoms with van der Waals surface area (Å²) in [7, 11) is 2.18. The second-order valence-corrected chi connectivity index (χ2v) is 16.0. The topological polar surface area (TPSA) is 105 Å². The third-order valence-electron chi connectivity index (χ3n) is 11.4. The molecular weight excluding hydrogens is 723 g/mol. The van der Waals surface area contributed by atoms with E-state index >= 15 is 0 Å². The minimum atomic E-state index is -4.66. The first kappa shape index (κ1) is 34.6. The molecule has 2 bridgehead atoms. The molecule has 15 heteroatoms. The van der Waals surface area contributed by atoms with Crippen molar-refractivity contribution in [3.05, 3.63) is 44.1 Å². The van der Waals surface area contributed by atoms with Gasteiger partial charge in [0.1, 0.15) is 0 Å². The molecule has 0 saturated carbocycles. The Labute approximate surface area is 296 Å². The van der Waals surface area contributed by atoms with Crippen LogP contribution in [0.3, 0.4) is 0 Å². The van der Waals surface area contributed by atoms with Gasteiger partial charge in [0.15, 0.2) is 0 Å². The molecule has 3 atom stereocenters. The molecule has 2 aromatic rings. The Morgan fingerprint density at radius 3 is 2.35 bits per heavy atom. The molecule has 7 rings (SSSR count). The maximum atomic E-state index is 14.2. The summed E-state index contributed by atoms with van der Waals surface area (Å²) in [4.78, 5) is 51.1. The molecule has 0 spiro atoms. The maximum Gasteiger partial charge on any atom is 0.418 e. The van der Waals surface area contributed by atoms with Gasteiger partial charge in [-0.15, -0.1) is 11.3 Å². The molecule has 1 aromatic heterocycles. The number of urea groups is 1. The summed E-state index contributed by atoms with van der Waals surface area (Å²) in [6, 6.07) is 3.93. The first-order valence-corrected chi connectivity index (χ1v) is 18.9. The van der Waals surface area contributed by atoms with Gasteiger partial charge in [-0.3, -0.25) is 14.5 Å². The Hall–Kier alpha value is -2.88. The zero-order chi connectivity index (χ0) is 34.6. The van der Waals surface area contributed by atoms with E-state index in [1.54, 1.807) is 16.2 Å². The van der Waals surface area contributed by atoms with Gasteiger partial charge in [0.25, 0.3) is 0 Å². The molecule has 0 aliphatic carbocycles. The minimum Gasteiger partial charge on any atom is -0.397 e. The van der Waals surface area contributed by atoms with Crippen molar-refractivity contribution < 1.29 is 27.6 Å². The Balaban J connectivity index is 1.02. The van der Waals surface area contributed by atoms with Crippen LogP contribution < -0.4 is 11.1 Å². The smallest absolute Gasteiger partial charge is 0.397 e. The lowest BCUT2D eigenvalue weighted by molar-refractivity contribution is -0.143. The van der Waals surface area contributed by atoms with E-state index in [1.165, 1.54) is 12.5 Å². The zero-order valence-corrected chi connectivity index (χ0v) is 30.0. The number of thiophene rings is 1. The lowest BCUT2D eigenvalue weighted by atomic mass is 9.91. The standard InChI is InChI=1S/C34H43BrF3N7O3S/c1-41-16-26-14-25(41)17-44(26)23-4-8-43(9-5-23)32(47)21(10-20-11-27(34(36,37)38)31(39)28(35)12-20)13-30(46)42-6-2-24(3-7-42)45-15-22-18-49-19-29(22)40-33(45)48/h11-12,18-19,21,23-26H,2-10,13-17,39H2,1H3,(H,40,48)/t21-,25?,26?/m0/s1. The number of fused-ring (bicyclic) bond motifs is 3. The highest BCUT2D eigenvalue weighted by atomic mass is 79.9. The number of hydrogen-bond donors (Lipinski definition) is 2. The first-order chi connectivity index (χ1) is 23.4. The van der Waals surface area contributed by atoms with Crippen LogP contribution in [0.15, 0.2) is 27.4 Å². The van der Waals surface area contributed by atoms with Gasteiger partial charge < -0.3 is 30.7 Å². The summed E-state index contributed by atoms with van der Waals surface area (Å²) >= 11 is 4.72. The zero-order valence-electron chi connectivity index (χ0n) is 27.6. The molecule has 10 nitrogen and oxygen atoms in total. The van der Waals surface area contributed by atoms with E-state index in [0.717, 1.165) is 43.2 Å². The Kier molecular flexibility index (Phi) is 9.65. The third-order valence-corrected chi connectivity index (χ3v) is 12.8. The van der Waals surface area contributed by atoms with Crippen LogP contribution in [0, 0.1) is 5.92 Å². The highest BCUT2D eigenvalue weighted by Gasteiger charge is 2.45. The van der Waals surface area contributed by atoms with Gasteiger partial charge in [-0.1, -0.05) is 0 Å². The molecule has 5 aliphatic heterocycles. The summed E-state index contributed by atoms with van der Waals surface area (Å²) in [5.74, 6) is -1.21. The number of alkyl halides is 3. The number of benzene rings is 1. The number of nitrogens with one attached hydrogen (secondary N) is 1. The molecule has 2 unspecified atom stereocenters. The largest absolute Gasteiger partial charge is 0.418 e. The van der Waals surface area contributed by atoms with Crippen LogP contribution >= 0.6 is 27.3 Å². The number of anilines is 2. The Bertz CT molecular complexity index is 1590. The van der Waals surface area contributed by atoms with Crippen molar-refractivity contribution in [2.45, 2.75) is 81.8 Å². The van der Waals surface area contributed by atoms with Crippen molar-refractivity contribution in [2.24, 2.45) is 5.92 Å². The molecule has 5 aliphatic rings. The van der Waals surface area contributed by atoms with E-state index in [0.29, 0.717) is 69.3 Å². The van der Waals surface area contributed by atoms with Gasteiger partial charge in [-0.25, -0.2) is 4.79 Å². The van der Waals surface area contributed by atoms with E-state index in [-0.39, 0.29) is 41.2 Å². The summed E-state index contributed by atoms with van der Waals surface area (Å²) in [5, 5.41) is 6.91. The van der Waals surface area contributed by atoms with Crippen LogP contribution in [-0.2, 0) is 28.7 Å². The van der Waals surface area contributed by atoms with Crippen molar-refractivity contribution in [3.63, 3.8) is 0 Å². The molecule has 6 heterocycles. The number of likely N-dealkylation sites (N-methyl/N-ethyl adjacent to an activating group) is 1. The van der Waals surface area contributed by atoms with Gasteiger partial charge in [0.2, 0.25) is 11.8 Å². The lowest BCUT2D eigenvalue weighted by Gasteiger charge is -2.42. The SMILES string of the molecule is CN1CC2CC1CN2C1CCN(C(=O)[C@H](CC(=O)N2CCC(N3Cc4cscc4NC3=O)CC2)Cc2cc(Br)c(N)c(C(F)(F)F)c2)CC1. The predicted molar refractivity (Wildman–Crippen MR) is 185 cm³/mol. The number of amides is 4. The number of rotatable bonds is 7. The van der Waals surface area contributed by atoms with Crippen LogP contribution in [0.25, 0.3) is 0 Å². The van der Waals surface area contributed by atoms with Crippen molar-refractivity contribution in [2.75, 3.05) is 57.4 Å². The summed E-state index contributed by atoms with van der Waals surface area (Å²) < 4.78 is 41.7. The van der Waals surface area contributed by atoms with Crippen LogP contribution in [-0.4, -0.2) is 113 Å². The summed E-state index contributed by atoms with van der Waals surface area (Å²) in [6.45, 7) is 4.66. The molecule has 4 fully saturated rings. The van der Waals surface area contributed by atoms with Gasteiger partial charge in [0.05, 0.1) is 29.4 Å². The maximum absolute atomic E-state index is 14.2. The normalized spacial score (nSPS) is 24.8. The monoisotopic (exact) mass is 765 g/mol. The highest BCUT2D eigenvalue weighted by molar-refractivity contribution is 9.10. The number of nitrogens with zero attached hydrogens (tertiary/aromatic N) is 5. The predicted octanol–water partition coefficient (Wildman–Crippen LogP) is 5.08. The molecule has 4 amide bonds. The van der Waals surface area contributed by atoms with Gasteiger partial charge in [-0.2, -0.15) is 13.2 Å². The number of piperidine rings is 2. The molecule has 49 heavy (non-hydrogen) atoms. The molecule has 4 saturated heterocycles. The van der Waals surface area contributed by atoms with Crippen molar-refractivity contribution in [3.8, 4) is 0 Å². The number of carbonyl (C=O) groups excluding carboxylic acids is 3. The fourth-order valence-corrected chi connectivity index (χ4v) is 9.93. The van der Waals surface area contributed by atoms with Gasteiger partial charge in [0, 0.05) is 85.3 Å². The van der Waals surface area contributed by atoms with Crippen molar-refractivity contribution in [1.29, 1.82) is 0 Å². The Morgan fingerprint density at radius 1 is 1.00 bits per heavy atom. The van der Waals surface area contributed by atoms with Crippen LogP contribution in [0.1, 0.15) is 55.2 Å². The summed E-state index contributed by atoms with van der Waals surface area (Å²) in [5.41, 5.74) is 6.64. The number of piperazine rings is 1. The number of nitrogens with two attached hydrogens (primary N) is 1. The molecule has 3 N–H and O–H groups in total. The Morgan fingerprint density at radius 2 is 1.69 bits per heavy atom. The highest BCUT2D eigenvalue weighted by Crippen LogP contribution is 2.39. The second kappa shape index (κ2) is 13.7. The van der Waals surface area contributed by atoms with E-state index < -0.39 is 23.3 Å². The van der Waals surface area contributed by atoms with E-state index in [2.05, 4.69) is 38.1 Å². The summed E-state index contributed by atoms with van der Waals surface area (Å²) in [6.07, 6.45) is -0.680. The average Bonchev–Trinajstić information content (AvgIpc) is 3.80. The van der Waals surface area contributed by atoms with Crippen LogP contribution in [0.5, 0.6) is 0 Å². The fraction of sp³-hybridized carbons (Fsp3) is 0.618. The molecule has 0 radical (unpaired) electrons. The lowest BCUT2D eigenvalue weighted by Crippen LogP contribution is -2.54. The fourth-order valence-electron chi connectivity index (χ4n) is 8.64. The number of halogens is 4. The average molecular weight is 767 g/mol. The molecule has 1 aromatic carbocycles. The van der Waals surface area contributed by atoms with Crippen LogP contribution in [0.4, 0.5) is 29.3 Å². The number of likely N-dealkylation sites (tertiary alicyclic amines) is 4. The van der Waals surface area contributed by atoms with Crippen molar-refractivity contribution >= 4 is 56.5 Å². The number of hydrogen-bond acceptors (Lipinski definition) is 7. The molecular formula is C34H43BrF3N7O3S. The first-order valence-electron chi connectivity index (χ1n) is 17.2. The van der Waals surface area contributed by atoms with E-state index in [9.17, 15) is 27.6 Å². The number of carbonyl (C=O) groups is 3. The minimum absolute atomic E-state index is 0.0118.